The smallest absolute Gasteiger partial charge is 0.294 e. The van der Waals surface area contributed by atoms with Crippen LogP contribution in [0.2, 0.25) is 0 Å². The number of aromatic amines is 1. The van der Waals surface area contributed by atoms with Gasteiger partial charge in [0.25, 0.3) is 0 Å². The maximum atomic E-state index is 11.8. The molecule has 110 valence electrons. The molecule has 0 aliphatic carbocycles. The SMILES string of the molecule is O=C(CCCn1cc([N+](=O)[O-])c(=O)[nH]c1=O)c1cccs1. The van der Waals surface area contributed by atoms with E-state index in [1.165, 1.54) is 11.3 Å². The molecule has 2 heterocycles. The molecule has 0 atom stereocenters. The van der Waals surface area contributed by atoms with E-state index >= 15 is 0 Å². The van der Waals surface area contributed by atoms with Crippen LogP contribution in [0.1, 0.15) is 22.5 Å². The summed E-state index contributed by atoms with van der Waals surface area (Å²) in [5, 5.41) is 12.4. The molecule has 0 spiro atoms. The predicted octanol–water partition coefficient (Wildman–Crippen LogP) is 1.17. The van der Waals surface area contributed by atoms with Gasteiger partial charge in [0.1, 0.15) is 0 Å². The van der Waals surface area contributed by atoms with Gasteiger partial charge < -0.3 is 0 Å². The molecule has 0 saturated heterocycles. The van der Waals surface area contributed by atoms with Crippen LogP contribution in [-0.4, -0.2) is 20.3 Å². The summed E-state index contributed by atoms with van der Waals surface area (Å²) < 4.78 is 1.03. The lowest BCUT2D eigenvalue weighted by molar-refractivity contribution is -0.386. The van der Waals surface area contributed by atoms with Crippen LogP contribution in [0.15, 0.2) is 33.3 Å². The molecule has 0 radical (unpaired) electrons. The average Bonchev–Trinajstić information content (AvgIpc) is 2.94. The highest BCUT2D eigenvalue weighted by Gasteiger charge is 2.15. The number of thiophene rings is 1. The van der Waals surface area contributed by atoms with Crippen LogP contribution in [-0.2, 0) is 6.54 Å². The average molecular weight is 309 g/mol. The summed E-state index contributed by atoms with van der Waals surface area (Å²) in [6.07, 6.45) is 1.47. The number of hydrogen-bond acceptors (Lipinski definition) is 6. The number of hydrogen-bond donors (Lipinski definition) is 1. The molecule has 9 heteroatoms. The number of nitro groups is 1. The van der Waals surface area contributed by atoms with Crippen molar-refractivity contribution in [2.75, 3.05) is 0 Å². The minimum absolute atomic E-state index is 0.0445. The van der Waals surface area contributed by atoms with E-state index in [2.05, 4.69) is 0 Å². The second-order valence-electron chi connectivity index (χ2n) is 4.23. The quantitative estimate of drug-likeness (QED) is 0.488. The third kappa shape index (κ3) is 3.51. The molecule has 0 aliphatic rings. The van der Waals surface area contributed by atoms with E-state index in [1.807, 2.05) is 4.98 Å². The number of aryl methyl sites for hydroxylation is 1. The number of nitrogens with one attached hydrogen (secondary N) is 1. The fourth-order valence-electron chi connectivity index (χ4n) is 1.76. The highest BCUT2D eigenvalue weighted by Crippen LogP contribution is 2.12. The monoisotopic (exact) mass is 309 g/mol. The normalized spacial score (nSPS) is 10.5. The van der Waals surface area contributed by atoms with E-state index in [0.717, 1.165) is 10.8 Å². The third-order valence-corrected chi connectivity index (χ3v) is 3.70. The van der Waals surface area contributed by atoms with Crippen LogP contribution in [0, 0.1) is 10.1 Å². The zero-order valence-corrected chi connectivity index (χ0v) is 11.6. The first kappa shape index (κ1) is 14.9. The number of rotatable bonds is 6. The van der Waals surface area contributed by atoms with Crippen molar-refractivity contribution in [3.05, 3.63) is 59.5 Å². The number of ketones is 1. The summed E-state index contributed by atoms with van der Waals surface area (Å²) in [6, 6.07) is 3.48. The van der Waals surface area contributed by atoms with E-state index in [1.54, 1.807) is 17.5 Å². The maximum absolute atomic E-state index is 11.8. The Kier molecular flexibility index (Phi) is 4.43. The van der Waals surface area contributed by atoms with Gasteiger partial charge in [-0.2, -0.15) is 0 Å². The number of carbonyl (C=O) groups excluding carboxylic acids is 1. The van der Waals surface area contributed by atoms with Gasteiger partial charge in [0.15, 0.2) is 5.78 Å². The Hall–Kier alpha value is -2.55. The van der Waals surface area contributed by atoms with Crippen molar-refractivity contribution in [3.63, 3.8) is 0 Å². The van der Waals surface area contributed by atoms with Crippen LogP contribution in [0.25, 0.3) is 0 Å². The molecule has 0 saturated carbocycles. The fraction of sp³-hybridized carbons (Fsp3) is 0.250. The van der Waals surface area contributed by atoms with E-state index in [4.69, 9.17) is 0 Å². The molecule has 0 bridgehead atoms. The summed E-state index contributed by atoms with van der Waals surface area (Å²) in [7, 11) is 0. The lowest BCUT2D eigenvalue weighted by Gasteiger charge is -2.03. The molecule has 0 aromatic carbocycles. The van der Waals surface area contributed by atoms with Crippen molar-refractivity contribution in [1.29, 1.82) is 0 Å². The summed E-state index contributed by atoms with van der Waals surface area (Å²) >= 11 is 1.33. The van der Waals surface area contributed by atoms with Gasteiger partial charge in [-0.25, -0.2) is 4.79 Å². The first-order valence-corrected chi connectivity index (χ1v) is 6.92. The lowest BCUT2D eigenvalue weighted by atomic mass is 10.2. The summed E-state index contributed by atoms with van der Waals surface area (Å²) in [5.41, 5.74) is -2.45. The molecule has 2 rings (SSSR count). The Morgan fingerprint density at radius 3 is 2.81 bits per heavy atom. The number of Topliss-reactive ketones (excluding diaryl/α,β-unsaturated/α-hetero) is 1. The predicted molar refractivity (Wildman–Crippen MR) is 75.9 cm³/mol. The highest BCUT2D eigenvalue weighted by atomic mass is 32.1. The minimum atomic E-state index is -1.03. The molecule has 0 aliphatic heterocycles. The molecule has 21 heavy (non-hydrogen) atoms. The summed E-state index contributed by atoms with van der Waals surface area (Å²) in [5.74, 6) is -0.0445. The van der Waals surface area contributed by atoms with Crippen molar-refractivity contribution in [1.82, 2.24) is 9.55 Å². The van der Waals surface area contributed by atoms with Crippen LogP contribution >= 0.6 is 11.3 Å². The van der Waals surface area contributed by atoms with E-state index in [0.29, 0.717) is 11.3 Å². The van der Waals surface area contributed by atoms with Crippen molar-refractivity contribution < 1.29 is 9.72 Å². The first-order valence-electron chi connectivity index (χ1n) is 6.04. The van der Waals surface area contributed by atoms with Gasteiger partial charge in [0, 0.05) is 13.0 Å². The van der Waals surface area contributed by atoms with E-state index in [9.17, 15) is 24.5 Å². The Bertz CT molecular complexity index is 775. The molecule has 8 nitrogen and oxygen atoms in total. The summed E-state index contributed by atoms with van der Waals surface area (Å²) in [6.45, 7) is 0.119. The Morgan fingerprint density at radius 1 is 1.43 bits per heavy atom. The van der Waals surface area contributed by atoms with Crippen LogP contribution in [0.3, 0.4) is 0 Å². The lowest BCUT2D eigenvalue weighted by Crippen LogP contribution is -2.30. The molecular formula is C12H11N3O5S. The molecular weight excluding hydrogens is 298 g/mol. The van der Waals surface area contributed by atoms with Gasteiger partial charge in [-0.15, -0.1) is 11.3 Å². The van der Waals surface area contributed by atoms with Gasteiger partial charge >= 0.3 is 16.9 Å². The molecule has 2 aromatic heterocycles. The second-order valence-corrected chi connectivity index (χ2v) is 5.18. The van der Waals surface area contributed by atoms with E-state index < -0.39 is 21.9 Å². The summed E-state index contributed by atoms with van der Waals surface area (Å²) in [4.78, 5) is 46.8. The third-order valence-electron chi connectivity index (χ3n) is 2.79. The second kappa shape index (κ2) is 6.27. The fourth-order valence-corrected chi connectivity index (χ4v) is 2.46. The number of aromatic nitrogens is 2. The van der Waals surface area contributed by atoms with Crippen LogP contribution in [0.4, 0.5) is 5.69 Å². The van der Waals surface area contributed by atoms with Crippen LogP contribution < -0.4 is 11.2 Å². The largest absolute Gasteiger partial charge is 0.350 e. The van der Waals surface area contributed by atoms with Crippen molar-refractivity contribution in [3.8, 4) is 0 Å². The molecule has 0 fully saturated rings. The molecule has 2 aromatic rings. The number of H-pyrrole nitrogens is 1. The molecule has 0 amide bonds. The van der Waals surface area contributed by atoms with Gasteiger partial charge in [-0.3, -0.25) is 29.3 Å². The Morgan fingerprint density at radius 2 is 2.19 bits per heavy atom. The zero-order valence-electron chi connectivity index (χ0n) is 10.8. The van der Waals surface area contributed by atoms with Crippen molar-refractivity contribution >= 4 is 22.8 Å². The topological polar surface area (TPSA) is 115 Å². The van der Waals surface area contributed by atoms with Crippen LogP contribution in [0.5, 0.6) is 0 Å². The first-order chi connectivity index (χ1) is 9.99. The van der Waals surface area contributed by atoms with Gasteiger partial charge in [0.2, 0.25) is 0 Å². The zero-order chi connectivity index (χ0) is 15.4. The Balaban J connectivity index is 2.05. The van der Waals surface area contributed by atoms with Gasteiger partial charge in [-0.1, -0.05) is 6.07 Å². The standard InChI is InChI=1S/C12H11N3O5S/c16-9(10-4-2-6-21-10)3-1-5-14-7-8(15(19)20)11(17)13-12(14)18/h2,4,6-7H,1,3,5H2,(H,13,17,18). The number of nitrogens with zero attached hydrogens (tertiary/aromatic N) is 2. The highest BCUT2D eigenvalue weighted by molar-refractivity contribution is 7.12. The van der Waals surface area contributed by atoms with Crippen molar-refractivity contribution in [2.45, 2.75) is 19.4 Å². The Labute approximate surface area is 121 Å². The van der Waals surface area contributed by atoms with E-state index in [-0.39, 0.29) is 18.7 Å². The van der Waals surface area contributed by atoms with Crippen molar-refractivity contribution in [2.24, 2.45) is 0 Å². The molecule has 1 N–H and O–H groups in total. The minimum Gasteiger partial charge on any atom is -0.294 e. The van der Waals surface area contributed by atoms with Gasteiger partial charge in [-0.05, 0) is 17.9 Å². The van der Waals surface area contributed by atoms with Gasteiger partial charge in [0.05, 0.1) is 16.0 Å². The maximum Gasteiger partial charge on any atom is 0.350 e. The number of carbonyl (C=O) groups is 1. The molecule has 0 unspecified atom stereocenters.